The quantitative estimate of drug-likeness (QED) is 0.500. The average molecular weight is 136 g/mol. The summed E-state index contributed by atoms with van der Waals surface area (Å²) in [7, 11) is 0. The van der Waals surface area contributed by atoms with Crippen LogP contribution in [-0.2, 0) is 0 Å². The molecule has 1 heteroatoms. The first-order valence-electron chi connectivity index (χ1n) is 3.91. The van der Waals surface area contributed by atoms with Gasteiger partial charge in [-0.15, -0.1) is 0 Å². The Morgan fingerprint density at radius 2 is 1.80 bits per heavy atom. The summed E-state index contributed by atoms with van der Waals surface area (Å²) in [5, 5.41) is 9.44. The molecule has 0 unspecified atom stereocenters. The highest BCUT2D eigenvalue weighted by molar-refractivity contribution is 5.14. The van der Waals surface area contributed by atoms with Crippen molar-refractivity contribution in [3.8, 4) is 0 Å². The zero-order valence-corrected chi connectivity index (χ0v) is 5.90. The predicted molar refractivity (Wildman–Crippen MR) is 40.5 cm³/mol. The predicted octanol–water partition coefficient (Wildman–Crippen LogP) is 1.50. The second-order valence-corrected chi connectivity index (χ2v) is 3.17. The van der Waals surface area contributed by atoms with E-state index in [9.17, 15) is 5.11 Å². The van der Waals surface area contributed by atoms with E-state index in [0.29, 0.717) is 11.8 Å². The summed E-state index contributed by atoms with van der Waals surface area (Å²) in [6.07, 6.45) is 10.6. The minimum atomic E-state index is -0.219. The van der Waals surface area contributed by atoms with Crippen LogP contribution in [0, 0.1) is 11.8 Å². The standard InChI is InChI=1S/C9H12O/c10-9-6-3-7-1-4-8(9)5-2-7/h1,3-4,6-10H,2,5H2/t7-,8+,9-/m0/s1. The van der Waals surface area contributed by atoms with E-state index >= 15 is 0 Å². The van der Waals surface area contributed by atoms with Gasteiger partial charge in [-0.3, -0.25) is 0 Å². The minimum Gasteiger partial charge on any atom is -0.388 e. The van der Waals surface area contributed by atoms with Crippen molar-refractivity contribution in [2.45, 2.75) is 18.9 Å². The maximum atomic E-state index is 9.44. The number of aliphatic hydroxyl groups excluding tert-OH is 1. The third-order valence-electron chi connectivity index (χ3n) is 2.43. The van der Waals surface area contributed by atoms with Crippen LogP contribution in [0.2, 0.25) is 0 Å². The molecule has 10 heavy (non-hydrogen) atoms. The van der Waals surface area contributed by atoms with Crippen molar-refractivity contribution in [1.82, 2.24) is 0 Å². The lowest BCUT2D eigenvalue weighted by Gasteiger charge is -2.18. The fourth-order valence-corrected chi connectivity index (χ4v) is 1.71. The zero-order chi connectivity index (χ0) is 6.97. The van der Waals surface area contributed by atoms with Crippen LogP contribution in [-0.4, -0.2) is 11.2 Å². The first-order valence-corrected chi connectivity index (χ1v) is 3.91. The number of hydrogen-bond acceptors (Lipinski definition) is 1. The van der Waals surface area contributed by atoms with Crippen molar-refractivity contribution >= 4 is 0 Å². The van der Waals surface area contributed by atoms with Crippen LogP contribution in [0.1, 0.15) is 12.8 Å². The molecule has 1 N–H and O–H groups in total. The smallest absolute Gasteiger partial charge is 0.0783 e. The first-order chi connectivity index (χ1) is 4.86. The van der Waals surface area contributed by atoms with Gasteiger partial charge in [-0.1, -0.05) is 24.3 Å². The van der Waals surface area contributed by atoms with Gasteiger partial charge in [0.25, 0.3) is 0 Å². The van der Waals surface area contributed by atoms with Gasteiger partial charge < -0.3 is 5.11 Å². The van der Waals surface area contributed by atoms with Crippen molar-refractivity contribution in [2.24, 2.45) is 11.8 Å². The molecule has 3 aliphatic rings. The highest BCUT2D eigenvalue weighted by Gasteiger charge is 2.22. The molecule has 0 aliphatic heterocycles. The Balaban J connectivity index is 2.28. The number of allylic oxidation sites excluding steroid dienone is 2. The highest BCUT2D eigenvalue weighted by atomic mass is 16.3. The van der Waals surface area contributed by atoms with Crippen LogP contribution in [0.5, 0.6) is 0 Å². The molecule has 0 spiro atoms. The molecule has 54 valence electrons. The van der Waals surface area contributed by atoms with Gasteiger partial charge in [0, 0.05) is 5.92 Å². The Labute approximate surface area is 61.1 Å². The molecule has 0 saturated heterocycles. The summed E-state index contributed by atoms with van der Waals surface area (Å²) in [6, 6.07) is 0. The van der Waals surface area contributed by atoms with Crippen LogP contribution in [0.15, 0.2) is 24.3 Å². The van der Waals surface area contributed by atoms with Gasteiger partial charge in [-0.05, 0) is 18.8 Å². The second kappa shape index (κ2) is 2.24. The molecule has 3 atom stereocenters. The summed E-state index contributed by atoms with van der Waals surface area (Å²) >= 11 is 0. The number of aliphatic hydroxyl groups is 1. The Morgan fingerprint density at radius 3 is 2.50 bits per heavy atom. The Morgan fingerprint density at radius 1 is 1.00 bits per heavy atom. The van der Waals surface area contributed by atoms with Crippen LogP contribution in [0.25, 0.3) is 0 Å². The molecule has 0 aromatic carbocycles. The van der Waals surface area contributed by atoms with E-state index in [0.717, 1.165) is 6.42 Å². The van der Waals surface area contributed by atoms with Gasteiger partial charge in [-0.2, -0.15) is 0 Å². The van der Waals surface area contributed by atoms with E-state index in [2.05, 4.69) is 18.2 Å². The molecule has 1 nitrogen and oxygen atoms in total. The topological polar surface area (TPSA) is 20.2 Å². The molecule has 3 rings (SSSR count). The van der Waals surface area contributed by atoms with Gasteiger partial charge in [0.15, 0.2) is 0 Å². The molecule has 3 aliphatic carbocycles. The summed E-state index contributed by atoms with van der Waals surface area (Å²) in [4.78, 5) is 0. The Bertz CT molecular complexity index is 181. The lowest BCUT2D eigenvalue weighted by atomic mass is 9.90. The van der Waals surface area contributed by atoms with Crippen molar-refractivity contribution < 1.29 is 5.11 Å². The van der Waals surface area contributed by atoms with Gasteiger partial charge in [0.2, 0.25) is 0 Å². The summed E-state index contributed by atoms with van der Waals surface area (Å²) in [5.41, 5.74) is 0. The molecule has 0 aromatic heterocycles. The van der Waals surface area contributed by atoms with E-state index in [1.165, 1.54) is 6.42 Å². The summed E-state index contributed by atoms with van der Waals surface area (Å²) < 4.78 is 0. The van der Waals surface area contributed by atoms with Gasteiger partial charge in [0.05, 0.1) is 6.10 Å². The molecule has 0 saturated carbocycles. The Hall–Kier alpha value is -0.560. The normalized spacial score (nSPS) is 43.9. The van der Waals surface area contributed by atoms with E-state index in [1.54, 1.807) is 0 Å². The zero-order valence-electron chi connectivity index (χ0n) is 5.90. The molecule has 0 heterocycles. The fourth-order valence-electron chi connectivity index (χ4n) is 1.71. The molecule has 2 bridgehead atoms. The minimum absolute atomic E-state index is 0.219. The van der Waals surface area contributed by atoms with Crippen LogP contribution in [0.3, 0.4) is 0 Å². The SMILES string of the molecule is O[C@H]1C=C[C@H]2C=C[C@@H]1CC2. The van der Waals surface area contributed by atoms with Gasteiger partial charge >= 0.3 is 0 Å². The number of rotatable bonds is 0. The fraction of sp³-hybridized carbons (Fsp3) is 0.556. The Kier molecular flexibility index (Phi) is 1.38. The molecular weight excluding hydrogens is 124 g/mol. The van der Waals surface area contributed by atoms with Crippen molar-refractivity contribution in [3.63, 3.8) is 0 Å². The van der Waals surface area contributed by atoms with Crippen molar-refractivity contribution in [3.05, 3.63) is 24.3 Å². The summed E-state index contributed by atoms with van der Waals surface area (Å²) in [6.45, 7) is 0. The lowest BCUT2D eigenvalue weighted by molar-refractivity contribution is 0.170. The third-order valence-corrected chi connectivity index (χ3v) is 2.43. The summed E-state index contributed by atoms with van der Waals surface area (Å²) in [5.74, 6) is 1.00. The molecule has 0 aromatic rings. The van der Waals surface area contributed by atoms with Crippen molar-refractivity contribution in [1.29, 1.82) is 0 Å². The number of fused-ring (bicyclic) bond motifs is 2. The van der Waals surface area contributed by atoms with Crippen LogP contribution < -0.4 is 0 Å². The first kappa shape index (κ1) is 6.17. The van der Waals surface area contributed by atoms with Gasteiger partial charge in [-0.25, -0.2) is 0 Å². The van der Waals surface area contributed by atoms with Crippen molar-refractivity contribution in [2.75, 3.05) is 0 Å². The molecule has 0 amide bonds. The highest BCUT2D eigenvalue weighted by Crippen LogP contribution is 2.29. The van der Waals surface area contributed by atoms with Crippen LogP contribution >= 0.6 is 0 Å². The molecular formula is C9H12O. The van der Waals surface area contributed by atoms with E-state index in [1.807, 2.05) is 6.08 Å². The third kappa shape index (κ3) is 0.907. The monoisotopic (exact) mass is 136 g/mol. The molecule has 0 radical (unpaired) electrons. The van der Waals surface area contributed by atoms with Gasteiger partial charge in [0.1, 0.15) is 0 Å². The van der Waals surface area contributed by atoms with Crippen LogP contribution in [0.4, 0.5) is 0 Å². The maximum Gasteiger partial charge on any atom is 0.0783 e. The maximum absolute atomic E-state index is 9.44. The largest absolute Gasteiger partial charge is 0.388 e. The van der Waals surface area contributed by atoms with E-state index in [4.69, 9.17) is 0 Å². The van der Waals surface area contributed by atoms with E-state index in [-0.39, 0.29) is 6.10 Å². The molecule has 0 fully saturated rings. The lowest BCUT2D eigenvalue weighted by Crippen LogP contribution is -2.16. The second-order valence-electron chi connectivity index (χ2n) is 3.17. The van der Waals surface area contributed by atoms with E-state index < -0.39 is 0 Å². The average Bonchev–Trinajstić information content (AvgIpc) is 2.24. The number of hydrogen-bond donors (Lipinski definition) is 1.